The molecule has 0 amide bonds. The van der Waals surface area contributed by atoms with Crippen molar-refractivity contribution in [3.63, 3.8) is 0 Å². The van der Waals surface area contributed by atoms with Crippen molar-refractivity contribution >= 4 is 33.5 Å². The lowest BCUT2D eigenvalue weighted by Crippen LogP contribution is -2.04. The molecule has 1 aromatic heterocycles. The van der Waals surface area contributed by atoms with Crippen LogP contribution in [0.3, 0.4) is 0 Å². The Hall–Kier alpha value is -2.20. The summed E-state index contributed by atoms with van der Waals surface area (Å²) in [6.07, 6.45) is 0. The highest BCUT2D eigenvalue weighted by atomic mass is 35.5. The molecule has 0 bridgehead atoms. The minimum atomic E-state index is -0.141. The van der Waals surface area contributed by atoms with Crippen LogP contribution in [0.25, 0.3) is 21.9 Å². The molecule has 5 heteroatoms. The predicted octanol–water partition coefficient (Wildman–Crippen LogP) is 3.93. The van der Waals surface area contributed by atoms with Crippen molar-refractivity contribution in [2.45, 2.75) is 6.92 Å². The van der Waals surface area contributed by atoms with Gasteiger partial charge in [-0.05, 0) is 25.1 Å². The summed E-state index contributed by atoms with van der Waals surface area (Å²) in [4.78, 5) is 12.6. The van der Waals surface area contributed by atoms with Gasteiger partial charge in [-0.15, -0.1) is 0 Å². The van der Waals surface area contributed by atoms with Crippen LogP contribution in [0.2, 0.25) is 5.02 Å². The standard InChI is InChI=1S/C16H13ClO4/c1-8-13(20-3)5-4-10-14(18)11-6-9(19-2)7-12(17)16(11)21-15(8)10/h4-7H,1-3H3. The van der Waals surface area contributed by atoms with E-state index < -0.39 is 0 Å². The molecule has 1 heterocycles. The van der Waals surface area contributed by atoms with Gasteiger partial charge in [0.1, 0.15) is 17.1 Å². The molecule has 0 spiro atoms. The van der Waals surface area contributed by atoms with Gasteiger partial charge in [0.15, 0.2) is 5.58 Å². The van der Waals surface area contributed by atoms with E-state index in [-0.39, 0.29) is 5.43 Å². The molecular formula is C16H13ClO4. The molecule has 0 saturated carbocycles. The quantitative estimate of drug-likeness (QED) is 0.673. The van der Waals surface area contributed by atoms with Crippen molar-refractivity contribution in [1.29, 1.82) is 0 Å². The largest absolute Gasteiger partial charge is 0.497 e. The van der Waals surface area contributed by atoms with Crippen molar-refractivity contribution in [2.24, 2.45) is 0 Å². The number of fused-ring (bicyclic) bond motifs is 2. The maximum absolute atomic E-state index is 12.6. The number of halogens is 1. The van der Waals surface area contributed by atoms with Crippen LogP contribution in [-0.2, 0) is 0 Å². The summed E-state index contributed by atoms with van der Waals surface area (Å²) >= 11 is 6.20. The molecule has 0 aliphatic carbocycles. The van der Waals surface area contributed by atoms with Gasteiger partial charge in [-0.25, -0.2) is 0 Å². The number of hydrogen-bond acceptors (Lipinski definition) is 4. The molecule has 0 atom stereocenters. The van der Waals surface area contributed by atoms with Crippen LogP contribution in [0.1, 0.15) is 5.56 Å². The van der Waals surface area contributed by atoms with Gasteiger partial charge in [-0.1, -0.05) is 11.6 Å². The third-order valence-electron chi connectivity index (χ3n) is 3.52. The topological polar surface area (TPSA) is 48.7 Å². The summed E-state index contributed by atoms with van der Waals surface area (Å²) in [5.74, 6) is 1.18. The van der Waals surface area contributed by atoms with Crippen molar-refractivity contribution < 1.29 is 13.9 Å². The number of benzene rings is 2. The van der Waals surface area contributed by atoms with E-state index in [0.717, 1.165) is 5.56 Å². The van der Waals surface area contributed by atoms with Crippen molar-refractivity contribution in [3.8, 4) is 11.5 Å². The predicted molar refractivity (Wildman–Crippen MR) is 82.8 cm³/mol. The van der Waals surface area contributed by atoms with Gasteiger partial charge in [0.25, 0.3) is 0 Å². The normalized spacial score (nSPS) is 11.0. The fraction of sp³-hybridized carbons (Fsp3) is 0.188. The Morgan fingerprint density at radius 2 is 1.81 bits per heavy atom. The first kappa shape index (κ1) is 13.8. The van der Waals surface area contributed by atoms with Crippen LogP contribution < -0.4 is 14.9 Å². The van der Waals surface area contributed by atoms with E-state index in [4.69, 9.17) is 25.5 Å². The molecule has 108 valence electrons. The first-order valence-corrected chi connectivity index (χ1v) is 6.72. The number of ether oxygens (including phenoxy) is 2. The van der Waals surface area contributed by atoms with E-state index in [1.807, 2.05) is 6.92 Å². The zero-order valence-electron chi connectivity index (χ0n) is 11.8. The number of rotatable bonds is 2. The summed E-state index contributed by atoms with van der Waals surface area (Å²) in [5, 5.41) is 1.23. The maximum Gasteiger partial charge on any atom is 0.200 e. The lowest BCUT2D eigenvalue weighted by Gasteiger charge is -2.09. The van der Waals surface area contributed by atoms with Gasteiger partial charge in [-0.2, -0.15) is 0 Å². The third kappa shape index (κ3) is 2.03. The van der Waals surface area contributed by atoms with E-state index in [0.29, 0.717) is 38.5 Å². The average Bonchev–Trinajstić information content (AvgIpc) is 2.49. The molecule has 21 heavy (non-hydrogen) atoms. The first-order valence-electron chi connectivity index (χ1n) is 6.34. The summed E-state index contributed by atoms with van der Waals surface area (Å²) in [7, 11) is 3.10. The van der Waals surface area contributed by atoms with Gasteiger partial charge in [0, 0.05) is 11.6 Å². The van der Waals surface area contributed by atoms with Gasteiger partial charge < -0.3 is 13.9 Å². The molecule has 0 saturated heterocycles. The van der Waals surface area contributed by atoms with Gasteiger partial charge in [0.2, 0.25) is 5.43 Å². The van der Waals surface area contributed by atoms with E-state index >= 15 is 0 Å². The van der Waals surface area contributed by atoms with Crippen LogP contribution in [0.15, 0.2) is 33.5 Å². The van der Waals surface area contributed by atoms with Crippen LogP contribution in [0.5, 0.6) is 11.5 Å². The number of aryl methyl sites for hydroxylation is 1. The molecular weight excluding hydrogens is 292 g/mol. The Kier molecular flexibility index (Phi) is 3.26. The highest BCUT2D eigenvalue weighted by molar-refractivity contribution is 6.35. The molecule has 0 unspecified atom stereocenters. The minimum absolute atomic E-state index is 0.141. The van der Waals surface area contributed by atoms with Crippen LogP contribution in [-0.4, -0.2) is 14.2 Å². The second-order valence-corrected chi connectivity index (χ2v) is 5.09. The van der Waals surface area contributed by atoms with E-state index in [2.05, 4.69) is 0 Å². The molecule has 0 fully saturated rings. The Labute approximate surface area is 125 Å². The zero-order chi connectivity index (χ0) is 15.1. The van der Waals surface area contributed by atoms with Crippen molar-refractivity contribution in [1.82, 2.24) is 0 Å². The molecule has 0 aliphatic rings. The van der Waals surface area contributed by atoms with Crippen LogP contribution in [0.4, 0.5) is 0 Å². The second kappa shape index (κ2) is 4.97. The molecule has 0 N–H and O–H groups in total. The average molecular weight is 305 g/mol. The summed E-state index contributed by atoms with van der Waals surface area (Å²) in [6, 6.07) is 6.70. The van der Waals surface area contributed by atoms with Crippen LogP contribution in [0, 0.1) is 6.92 Å². The summed E-state index contributed by atoms with van der Waals surface area (Å²) < 4.78 is 16.3. The fourth-order valence-electron chi connectivity index (χ4n) is 2.41. The lowest BCUT2D eigenvalue weighted by atomic mass is 10.1. The molecule has 0 radical (unpaired) electrons. The number of hydrogen-bond donors (Lipinski definition) is 0. The summed E-state index contributed by atoms with van der Waals surface area (Å²) in [6.45, 7) is 1.84. The smallest absolute Gasteiger partial charge is 0.200 e. The van der Waals surface area contributed by atoms with Gasteiger partial charge in [0.05, 0.1) is 30.0 Å². The van der Waals surface area contributed by atoms with Gasteiger partial charge >= 0.3 is 0 Å². The van der Waals surface area contributed by atoms with Crippen LogP contribution >= 0.6 is 11.6 Å². The maximum atomic E-state index is 12.6. The van der Waals surface area contributed by atoms with Gasteiger partial charge in [-0.3, -0.25) is 4.79 Å². The molecule has 3 aromatic rings. The fourth-order valence-corrected chi connectivity index (χ4v) is 2.66. The third-order valence-corrected chi connectivity index (χ3v) is 3.80. The monoisotopic (exact) mass is 304 g/mol. The minimum Gasteiger partial charge on any atom is -0.497 e. The first-order chi connectivity index (χ1) is 10.1. The molecule has 0 aliphatic heterocycles. The molecule has 3 rings (SSSR count). The van der Waals surface area contributed by atoms with E-state index in [1.165, 1.54) is 7.11 Å². The lowest BCUT2D eigenvalue weighted by molar-refractivity contribution is 0.411. The Bertz CT molecular complexity index is 912. The Morgan fingerprint density at radius 3 is 2.48 bits per heavy atom. The number of methoxy groups -OCH3 is 2. The Balaban J connectivity index is 2.52. The van der Waals surface area contributed by atoms with Crippen molar-refractivity contribution in [2.75, 3.05) is 14.2 Å². The zero-order valence-corrected chi connectivity index (χ0v) is 12.6. The van der Waals surface area contributed by atoms with E-state index in [9.17, 15) is 4.79 Å². The molecule has 4 nitrogen and oxygen atoms in total. The van der Waals surface area contributed by atoms with Crippen molar-refractivity contribution in [3.05, 3.63) is 45.1 Å². The SMILES string of the molecule is COc1cc(Cl)c2oc3c(C)c(OC)ccc3c(=O)c2c1. The second-order valence-electron chi connectivity index (χ2n) is 4.69. The summed E-state index contributed by atoms with van der Waals surface area (Å²) in [5.41, 5.74) is 1.46. The van der Waals surface area contributed by atoms with E-state index in [1.54, 1.807) is 31.4 Å². The highest BCUT2D eigenvalue weighted by Crippen LogP contribution is 2.32. The highest BCUT2D eigenvalue weighted by Gasteiger charge is 2.15. The Morgan fingerprint density at radius 1 is 1.05 bits per heavy atom. The molecule has 2 aromatic carbocycles.